The minimum absolute atomic E-state index is 0.109. The number of amides is 3. The van der Waals surface area contributed by atoms with Gasteiger partial charge < -0.3 is 30.7 Å². The number of nitrogens with one attached hydrogen (secondary N) is 4. The number of aromatic nitrogens is 3. The number of ether oxygens (including phenoxy) is 2. The number of carbonyl (C=O) groups is 2. The number of carbonyl (C=O) groups excluding carboxylic acids is 2. The van der Waals surface area contributed by atoms with E-state index in [9.17, 15) is 9.59 Å². The molecule has 0 saturated carbocycles. The predicted molar refractivity (Wildman–Crippen MR) is 150 cm³/mol. The Hall–Kier alpha value is -5.39. The Morgan fingerprint density at radius 1 is 0.725 bits per heavy atom. The molecule has 0 radical (unpaired) electrons. The second-order valence-corrected chi connectivity index (χ2v) is 8.75. The van der Waals surface area contributed by atoms with Gasteiger partial charge in [0.15, 0.2) is 6.17 Å². The first-order chi connectivity index (χ1) is 19.5. The van der Waals surface area contributed by atoms with Crippen LogP contribution in [0.1, 0.15) is 11.1 Å². The molecule has 1 unspecified atom stereocenters. The Morgan fingerprint density at radius 3 is 1.73 bits per heavy atom. The number of nitrogens with zero attached hydrogens (tertiary/aromatic N) is 4. The molecule has 4 aromatic rings. The summed E-state index contributed by atoms with van der Waals surface area (Å²) in [5, 5.41) is 11.9. The summed E-state index contributed by atoms with van der Waals surface area (Å²) in [5.41, 5.74) is 2.44. The van der Waals surface area contributed by atoms with Crippen molar-refractivity contribution >= 4 is 35.5 Å². The predicted octanol–water partition coefficient (Wildman–Crippen LogP) is 3.61. The van der Waals surface area contributed by atoms with Gasteiger partial charge in [0.05, 0.1) is 19.9 Å². The highest BCUT2D eigenvalue weighted by molar-refractivity contribution is 6.21. The summed E-state index contributed by atoms with van der Waals surface area (Å²) in [6.07, 6.45) is -1.06. The summed E-state index contributed by atoms with van der Waals surface area (Å²) < 4.78 is 10.4. The van der Waals surface area contributed by atoms with E-state index < -0.39 is 18.1 Å². The van der Waals surface area contributed by atoms with Gasteiger partial charge in [-0.25, -0.2) is 9.69 Å². The number of methoxy groups -OCH3 is 2. The lowest BCUT2D eigenvalue weighted by Crippen LogP contribution is -2.38. The van der Waals surface area contributed by atoms with E-state index in [0.717, 1.165) is 27.5 Å². The van der Waals surface area contributed by atoms with Gasteiger partial charge in [-0.2, -0.15) is 15.0 Å². The van der Waals surface area contributed by atoms with Gasteiger partial charge in [0.2, 0.25) is 17.8 Å². The van der Waals surface area contributed by atoms with Crippen LogP contribution in [0.15, 0.2) is 78.9 Å². The van der Waals surface area contributed by atoms with Crippen molar-refractivity contribution in [3.63, 3.8) is 0 Å². The molecule has 1 aliphatic rings. The Bertz CT molecular complexity index is 1400. The van der Waals surface area contributed by atoms with Crippen LogP contribution < -0.4 is 35.6 Å². The third-order valence-corrected chi connectivity index (χ3v) is 6.08. The standard InChI is InChI=1S/C28H28N8O4/c1-39-21-12-8-18(9-13-21)16-29-25-33-26(30-17-19-10-14-22(40-2)15-11-19)35-27(34-25)31-23-24(37)36(28(38)32-23)20-6-4-3-5-7-20/h3-15,23H,16-17H2,1-2H3,(H,32,38)(H3,29,30,31,33,34,35). The van der Waals surface area contributed by atoms with E-state index in [1.54, 1.807) is 38.5 Å². The van der Waals surface area contributed by atoms with Crippen LogP contribution in [0.4, 0.5) is 28.3 Å². The fourth-order valence-corrected chi connectivity index (χ4v) is 3.98. The van der Waals surface area contributed by atoms with Crippen molar-refractivity contribution in [2.24, 2.45) is 0 Å². The van der Waals surface area contributed by atoms with Gasteiger partial charge in [-0.15, -0.1) is 0 Å². The van der Waals surface area contributed by atoms with E-state index in [1.807, 2.05) is 54.6 Å². The number of urea groups is 1. The van der Waals surface area contributed by atoms with E-state index in [0.29, 0.717) is 18.8 Å². The molecule has 5 rings (SSSR count). The minimum atomic E-state index is -1.06. The second kappa shape index (κ2) is 12.0. The number of benzene rings is 3. The van der Waals surface area contributed by atoms with E-state index in [1.165, 1.54) is 0 Å². The SMILES string of the molecule is COc1ccc(CNc2nc(NCc3ccc(OC)cc3)nc(NC3NC(=O)N(c4ccccc4)C3=O)n2)cc1. The number of anilines is 4. The third-order valence-electron chi connectivity index (χ3n) is 6.08. The maximum absolute atomic E-state index is 13.1. The van der Waals surface area contributed by atoms with Crippen molar-refractivity contribution in [3.05, 3.63) is 90.0 Å². The van der Waals surface area contributed by atoms with Crippen molar-refractivity contribution in [1.82, 2.24) is 20.3 Å². The molecule has 1 fully saturated rings. The van der Waals surface area contributed by atoms with E-state index in [-0.39, 0.29) is 17.8 Å². The zero-order chi connectivity index (χ0) is 27.9. The highest BCUT2D eigenvalue weighted by Gasteiger charge is 2.39. The van der Waals surface area contributed by atoms with E-state index in [4.69, 9.17) is 9.47 Å². The van der Waals surface area contributed by atoms with Crippen LogP contribution in [-0.2, 0) is 17.9 Å². The zero-order valence-corrected chi connectivity index (χ0v) is 21.9. The lowest BCUT2D eigenvalue weighted by Gasteiger charge is -2.15. The van der Waals surface area contributed by atoms with Crippen molar-refractivity contribution in [2.75, 3.05) is 35.1 Å². The summed E-state index contributed by atoms with van der Waals surface area (Å²) >= 11 is 0. The van der Waals surface area contributed by atoms with Gasteiger partial charge in [-0.1, -0.05) is 42.5 Å². The van der Waals surface area contributed by atoms with Gasteiger partial charge in [0.25, 0.3) is 5.91 Å². The van der Waals surface area contributed by atoms with Gasteiger partial charge in [-0.05, 0) is 47.5 Å². The van der Waals surface area contributed by atoms with Crippen LogP contribution in [0.25, 0.3) is 0 Å². The van der Waals surface area contributed by atoms with Gasteiger partial charge in [0.1, 0.15) is 11.5 Å². The fourth-order valence-electron chi connectivity index (χ4n) is 3.98. The average Bonchev–Trinajstić information content (AvgIpc) is 3.27. The Kier molecular flexibility index (Phi) is 7.86. The number of para-hydroxylation sites is 1. The molecule has 12 heteroatoms. The number of imide groups is 1. The van der Waals surface area contributed by atoms with Crippen LogP contribution in [-0.4, -0.2) is 47.3 Å². The smallest absolute Gasteiger partial charge is 0.330 e. The first-order valence-electron chi connectivity index (χ1n) is 12.5. The lowest BCUT2D eigenvalue weighted by molar-refractivity contribution is -0.117. The maximum atomic E-state index is 13.1. The highest BCUT2D eigenvalue weighted by Crippen LogP contribution is 2.21. The molecule has 12 nitrogen and oxygen atoms in total. The lowest BCUT2D eigenvalue weighted by atomic mass is 10.2. The number of hydrogen-bond acceptors (Lipinski definition) is 10. The van der Waals surface area contributed by atoms with E-state index in [2.05, 4.69) is 36.2 Å². The van der Waals surface area contributed by atoms with Gasteiger partial charge in [0, 0.05) is 13.1 Å². The van der Waals surface area contributed by atoms with Crippen molar-refractivity contribution < 1.29 is 19.1 Å². The summed E-state index contributed by atoms with van der Waals surface area (Å²) in [7, 11) is 3.23. The molecule has 1 atom stereocenters. The summed E-state index contributed by atoms with van der Waals surface area (Å²) in [6.45, 7) is 0.874. The molecule has 0 aliphatic carbocycles. The zero-order valence-electron chi connectivity index (χ0n) is 21.9. The number of hydrogen-bond donors (Lipinski definition) is 4. The maximum Gasteiger partial charge on any atom is 0.330 e. The Balaban J connectivity index is 1.34. The first-order valence-corrected chi connectivity index (χ1v) is 12.5. The molecule has 1 saturated heterocycles. The highest BCUT2D eigenvalue weighted by atomic mass is 16.5. The van der Waals surface area contributed by atoms with Crippen LogP contribution in [0.2, 0.25) is 0 Å². The van der Waals surface area contributed by atoms with Crippen LogP contribution in [0, 0.1) is 0 Å². The Morgan fingerprint density at radius 2 is 1.23 bits per heavy atom. The topological polar surface area (TPSA) is 143 Å². The molecule has 2 heterocycles. The molecule has 1 aromatic heterocycles. The third kappa shape index (κ3) is 6.18. The van der Waals surface area contributed by atoms with Gasteiger partial charge in [-0.3, -0.25) is 4.79 Å². The normalized spacial score (nSPS) is 14.4. The van der Waals surface area contributed by atoms with Crippen LogP contribution in [0.3, 0.4) is 0 Å². The summed E-state index contributed by atoms with van der Waals surface area (Å²) in [4.78, 5) is 40.1. The van der Waals surface area contributed by atoms with Crippen LogP contribution in [0.5, 0.6) is 11.5 Å². The van der Waals surface area contributed by atoms with Crippen molar-refractivity contribution in [2.45, 2.75) is 19.3 Å². The Labute approximate surface area is 230 Å². The fraction of sp³-hybridized carbons (Fsp3) is 0.179. The van der Waals surface area contributed by atoms with E-state index >= 15 is 0 Å². The average molecular weight is 541 g/mol. The molecule has 3 amide bonds. The molecule has 1 aliphatic heterocycles. The van der Waals surface area contributed by atoms with Gasteiger partial charge >= 0.3 is 6.03 Å². The molecule has 40 heavy (non-hydrogen) atoms. The van der Waals surface area contributed by atoms with Crippen molar-refractivity contribution in [1.29, 1.82) is 0 Å². The largest absolute Gasteiger partial charge is 0.497 e. The molecular weight excluding hydrogens is 512 g/mol. The second-order valence-electron chi connectivity index (χ2n) is 8.75. The van der Waals surface area contributed by atoms with Crippen molar-refractivity contribution in [3.8, 4) is 11.5 Å². The first kappa shape index (κ1) is 26.2. The number of rotatable bonds is 11. The summed E-state index contributed by atoms with van der Waals surface area (Å²) in [5.74, 6) is 1.71. The molecule has 4 N–H and O–H groups in total. The molecular formula is C28H28N8O4. The van der Waals surface area contributed by atoms with Crippen LogP contribution >= 0.6 is 0 Å². The monoisotopic (exact) mass is 540 g/mol. The minimum Gasteiger partial charge on any atom is -0.497 e. The quantitative estimate of drug-likeness (QED) is 0.208. The molecule has 0 spiro atoms. The molecule has 3 aromatic carbocycles. The summed E-state index contributed by atoms with van der Waals surface area (Å²) in [6, 6.07) is 23.3. The molecule has 204 valence electrons. The molecule has 0 bridgehead atoms.